The summed E-state index contributed by atoms with van der Waals surface area (Å²) in [5.41, 5.74) is 2.24. The van der Waals surface area contributed by atoms with Crippen LogP contribution >= 0.6 is 0 Å². The Morgan fingerprint density at radius 2 is 1.84 bits per heavy atom. The summed E-state index contributed by atoms with van der Waals surface area (Å²) in [5.74, 6) is 0.787. The smallest absolute Gasteiger partial charge is 0.313 e. The van der Waals surface area contributed by atoms with Crippen LogP contribution in [-0.2, 0) is 20.7 Å². The fraction of sp³-hybridized carbons (Fsp3) is 0.556. The van der Waals surface area contributed by atoms with Gasteiger partial charge in [-0.3, -0.25) is 9.59 Å². The number of carbonyl (C=O) groups is 2. The van der Waals surface area contributed by atoms with Crippen molar-refractivity contribution in [2.75, 3.05) is 20.8 Å². The highest BCUT2D eigenvalue weighted by atomic mass is 35.5. The molecule has 0 radical (unpaired) electrons. The molecule has 1 aliphatic rings. The highest BCUT2D eigenvalue weighted by molar-refractivity contribution is 5.95. The first-order chi connectivity index (χ1) is 11.4. The first-order valence-corrected chi connectivity index (χ1v) is 8.23. The molecule has 0 saturated carbocycles. The molecule has 0 fully saturated rings. The number of methoxy groups -OCH3 is 2. The summed E-state index contributed by atoms with van der Waals surface area (Å²) in [6, 6.07) is 3.91. The van der Waals surface area contributed by atoms with Crippen LogP contribution in [0.3, 0.4) is 0 Å². The maximum absolute atomic E-state index is 12.2. The molecule has 1 atom stereocenters. The number of ether oxygens (including phenoxy) is 3. The molecule has 2 N–H and O–H groups in total. The van der Waals surface area contributed by atoms with Gasteiger partial charge in [-0.2, -0.15) is 0 Å². The van der Waals surface area contributed by atoms with E-state index < -0.39 is 5.97 Å². The number of fused-ring (bicyclic) bond motifs is 1. The molecule has 1 unspecified atom stereocenters. The van der Waals surface area contributed by atoms with Crippen molar-refractivity contribution in [2.45, 2.75) is 45.3 Å². The third kappa shape index (κ3) is 5.61. The van der Waals surface area contributed by atoms with E-state index in [0.717, 1.165) is 24.1 Å². The van der Waals surface area contributed by atoms with Crippen molar-refractivity contribution >= 4 is 11.8 Å². The quantitative estimate of drug-likeness (QED) is 0.450. The molecule has 1 aromatic carbocycles. The Kier molecular flexibility index (Phi) is 8.19. The summed E-state index contributed by atoms with van der Waals surface area (Å²) in [6.45, 7) is 4.44. The van der Waals surface area contributed by atoms with Gasteiger partial charge in [-0.1, -0.05) is 0 Å². The molecule has 1 heterocycles. The van der Waals surface area contributed by atoms with E-state index in [2.05, 4.69) is 5.32 Å². The summed E-state index contributed by atoms with van der Waals surface area (Å²) >= 11 is 0. The molecule has 0 aromatic heterocycles. The van der Waals surface area contributed by atoms with Crippen molar-refractivity contribution in [2.24, 2.45) is 0 Å². The lowest BCUT2D eigenvalue weighted by atomic mass is 9.90. The number of benzene rings is 1. The lowest BCUT2D eigenvalue weighted by Crippen LogP contribution is -3.00. The van der Waals surface area contributed by atoms with Crippen LogP contribution in [0, 0.1) is 0 Å². The van der Waals surface area contributed by atoms with E-state index >= 15 is 0 Å². The Morgan fingerprint density at radius 3 is 2.44 bits per heavy atom. The molecule has 1 aliphatic heterocycles. The van der Waals surface area contributed by atoms with Crippen molar-refractivity contribution in [3.63, 3.8) is 0 Å². The number of ketones is 1. The number of esters is 1. The van der Waals surface area contributed by atoms with Gasteiger partial charge in [-0.25, -0.2) is 0 Å². The van der Waals surface area contributed by atoms with Gasteiger partial charge in [0, 0.05) is 12.0 Å². The monoisotopic (exact) mass is 371 g/mol. The van der Waals surface area contributed by atoms with Crippen LogP contribution in [0.5, 0.6) is 11.5 Å². The van der Waals surface area contributed by atoms with E-state index in [9.17, 15) is 9.59 Å². The Bertz CT molecular complexity index is 618. The van der Waals surface area contributed by atoms with Crippen LogP contribution in [0.25, 0.3) is 0 Å². The van der Waals surface area contributed by atoms with Crippen LogP contribution in [-0.4, -0.2) is 38.6 Å². The van der Waals surface area contributed by atoms with E-state index in [1.54, 1.807) is 28.1 Å². The van der Waals surface area contributed by atoms with Crippen molar-refractivity contribution in [3.05, 3.63) is 23.3 Å². The van der Waals surface area contributed by atoms with E-state index in [-0.39, 0.29) is 36.8 Å². The Labute approximate surface area is 154 Å². The molecule has 1 aromatic rings. The molecular formula is C18H26ClNO5. The molecule has 0 saturated heterocycles. The van der Waals surface area contributed by atoms with Gasteiger partial charge in [0.05, 0.1) is 33.3 Å². The van der Waals surface area contributed by atoms with Crippen molar-refractivity contribution in [1.82, 2.24) is 0 Å². The second-order valence-electron chi connectivity index (χ2n) is 6.25. The van der Waals surface area contributed by atoms with Crippen LogP contribution < -0.4 is 27.2 Å². The summed E-state index contributed by atoms with van der Waals surface area (Å²) < 4.78 is 15.8. The van der Waals surface area contributed by atoms with Crippen molar-refractivity contribution in [1.29, 1.82) is 0 Å². The van der Waals surface area contributed by atoms with Gasteiger partial charge in [0.25, 0.3) is 0 Å². The van der Waals surface area contributed by atoms with E-state index in [4.69, 9.17) is 14.2 Å². The topological polar surface area (TPSA) is 78.4 Å². The second kappa shape index (κ2) is 9.63. The van der Waals surface area contributed by atoms with Crippen molar-refractivity contribution in [3.8, 4) is 11.5 Å². The number of quaternary nitrogens is 1. The zero-order valence-electron chi connectivity index (χ0n) is 15.1. The van der Waals surface area contributed by atoms with Crippen LogP contribution in [0.4, 0.5) is 0 Å². The molecule has 7 heteroatoms. The van der Waals surface area contributed by atoms with Gasteiger partial charge in [-0.05, 0) is 31.5 Å². The number of Topliss-reactive ketones (excluding diaryl/α,β-unsaturated/α-hetero) is 1. The lowest BCUT2D eigenvalue weighted by Gasteiger charge is -2.25. The number of hydrogen-bond donors (Lipinski definition) is 1. The molecule has 0 bridgehead atoms. The summed E-state index contributed by atoms with van der Waals surface area (Å²) in [4.78, 5) is 23.9. The van der Waals surface area contributed by atoms with Gasteiger partial charge < -0.3 is 31.9 Å². The van der Waals surface area contributed by atoms with E-state index in [1.165, 1.54) is 0 Å². The number of rotatable bonds is 7. The van der Waals surface area contributed by atoms with E-state index in [0.29, 0.717) is 17.9 Å². The lowest BCUT2D eigenvalue weighted by molar-refractivity contribution is -0.698. The molecule has 0 aliphatic carbocycles. The fourth-order valence-corrected chi connectivity index (χ4v) is 3.04. The SMILES string of the molecule is COc1cc2c(cc1OC)C(CC(=O)CC(=O)OC(C)C)[NH2+]CC2.[Cl-]. The number of nitrogens with two attached hydrogens (primary N) is 1. The first kappa shape index (κ1) is 21.3. The van der Waals surface area contributed by atoms with Gasteiger partial charge in [0.2, 0.25) is 0 Å². The Morgan fingerprint density at radius 1 is 1.20 bits per heavy atom. The maximum Gasteiger partial charge on any atom is 0.313 e. The molecule has 0 amide bonds. The predicted octanol–water partition coefficient (Wildman–Crippen LogP) is -1.83. The molecule has 0 spiro atoms. The normalized spacial score (nSPS) is 15.8. The Balaban J connectivity index is 0.00000312. The largest absolute Gasteiger partial charge is 1.00 e. The van der Waals surface area contributed by atoms with Crippen LogP contribution in [0.1, 0.15) is 43.9 Å². The standard InChI is InChI=1S/C18H25NO5.ClH/c1-11(2)24-18(21)9-13(20)8-15-14-10-17(23-4)16(22-3)7-12(14)5-6-19-15;/h7,10-11,15,19H,5-6,8-9H2,1-4H3;1H. The minimum atomic E-state index is -0.460. The van der Waals surface area contributed by atoms with Crippen molar-refractivity contribution < 1.29 is 41.5 Å². The second-order valence-corrected chi connectivity index (χ2v) is 6.25. The third-order valence-electron chi connectivity index (χ3n) is 4.07. The minimum Gasteiger partial charge on any atom is -1.00 e. The van der Waals surface area contributed by atoms with Crippen LogP contribution in [0.15, 0.2) is 12.1 Å². The van der Waals surface area contributed by atoms with Gasteiger partial charge in [0.15, 0.2) is 11.5 Å². The number of carbonyl (C=O) groups excluding carboxylic acids is 2. The molecular weight excluding hydrogens is 346 g/mol. The molecule has 6 nitrogen and oxygen atoms in total. The van der Waals surface area contributed by atoms with Gasteiger partial charge in [-0.15, -0.1) is 0 Å². The van der Waals surface area contributed by atoms with Crippen LogP contribution in [0.2, 0.25) is 0 Å². The molecule has 2 rings (SSSR count). The summed E-state index contributed by atoms with van der Waals surface area (Å²) in [7, 11) is 3.21. The highest BCUT2D eigenvalue weighted by Gasteiger charge is 2.28. The molecule has 25 heavy (non-hydrogen) atoms. The maximum atomic E-state index is 12.2. The fourth-order valence-electron chi connectivity index (χ4n) is 3.04. The average molecular weight is 372 g/mol. The minimum absolute atomic E-state index is 0. The van der Waals surface area contributed by atoms with E-state index in [1.807, 2.05) is 12.1 Å². The van der Waals surface area contributed by atoms with Gasteiger partial charge in [0.1, 0.15) is 18.2 Å². The Hall–Kier alpha value is -1.79. The molecule has 140 valence electrons. The average Bonchev–Trinajstić information content (AvgIpc) is 2.52. The first-order valence-electron chi connectivity index (χ1n) is 8.23. The van der Waals surface area contributed by atoms with Gasteiger partial charge >= 0.3 is 5.97 Å². The summed E-state index contributed by atoms with van der Waals surface area (Å²) in [5, 5.41) is 2.14. The number of halogens is 1. The zero-order chi connectivity index (χ0) is 17.7. The number of hydrogen-bond acceptors (Lipinski definition) is 5. The highest BCUT2D eigenvalue weighted by Crippen LogP contribution is 2.34. The predicted molar refractivity (Wildman–Crippen MR) is 88.3 cm³/mol. The zero-order valence-corrected chi connectivity index (χ0v) is 15.9. The summed E-state index contributed by atoms with van der Waals surface area (Å²) in [6.07, 6.45) is 0.834. The third-order valence-corrected chi connectivity index (χ3v) is 4.07.